The molecule has 2 rings (SSSR count). The third-order valence-electron chi connectivity index (χ3n) is 3.08. The van der Waals surface area contributed by atoms with Gasteiger partial charge in [-0.1, -0.05) is 26.0 Å². The van der Waals surface area contributed by atoms with Crippen LogP contribution in [0.25, 0.3) is 0 Å². The van der Waals surface area contributed by atoms with Gasteiger partial charge in [0.2, 0.25) is 10.0 Å². The number of rotatable bonds is 5. The first-order valence-corrected chi connectivity index (χ1v) is 7.94. The van der Waals surface area contributed by atoms with Crippen molar-refractivity contribution < 1.29 is 8.42 Å². The number of hydrogen-bond donors (Lipinski definition) is 1. The Morgan fingerprint density at radius 2 is 1.90 bits per heavy atom. The molecular formula is C14H19N3O2S. The molecule has 0 saturated heterocycles. The van der Waals surface area contributed by atoms with Crippen LogP contribution in [-0.2, 0) is 23.6 Å². The predicted octanol–water partition coefficient (Wildman–Crippen LogP) is 2.02. The van der Waals surface area contributed by atoms with Gasteiger partial charge in [-0.15, -0.1) is 0 Å². The van der Waals surface area contributed by atoms with E-state index in [4.69, 9.17) is 0 Å². The van der Waals surface area contributed by atoms with Gasteiger partial charge < -0.3 is 0 Å². The van der Waals surface area contributed by atoms with Crippen LogP contribution in [0.1, 0.15) is 30.9 Å². The lowest BCUT2D eigenvalue weighted by Gasteiger charge is -2.08. The van der Waals surface area contributed by atoms with E-state index in [0.29, 0.717) is 5.92 Å². The van der Waals surface area contributed by atoms with Crippen LogP contribution in [0.2, 0.25) is 0 Å². The minimum Gasteiger partial charge on any atom is -0.275 e. The molecule has 0 amide bonds. The third-order valence-corrected chi connectivity index (χ3v) is 4.50. The molecule has 6 heteroatoms. The molecule has 0 aliphatic carbocycles. The molecule has 108 valence electrons. The maximum atomic E-state index is 12.2. The molecule has 2 aromatic rings. The standard InChI is InChI=1S/C14H19N3O2S/c1-11(2)13-4-6-14(7-5-13)20(18,19)16-9-12-8-15-17(3)10-12/h4-8,10-11,16H,9H2,1-3H3. The van der Waals surface area contributed by atoms with E-state index in [0.717, 1.165) is 11.1 Å². The summed E-state index contributed by atoms with van der Waals surface area (Å²) < 4.78 is 28.5. The molecule has 5 nitrogen and oxygen atoms in total. The van der Waals surface area contributed by atoms with Crippen LogP contribution in [-0.4, -0.2) is 18.2 Å². The van der Waals surface area contributed by atoms with Crippen LogP contribution in [0.3, 0.4) is 0 Å². The van der Waals surface area contributed by atoms with Gasteiger partial charge in [-0.25, -0.2) is 13.1 Å². The lowest BCUT2D eigenvalue weighted by atomic mass is 10.0. The smallest absolute Gasteiger partial charge is 0.240 e. The summed E-state index contributed by atoms with van der Waals surface area (Å²) in [5.74, 6) is 0.384. The van der Waals surface area contributed by atoms with Gasteiger partial charge in [0.15, 0.2) is 0 Å². The maximum Gasteiger partial charge on any atom is 0.240 e. The van der Waals surface area contributed by atoms with E-state index >= 15 is 0 Å². The van der Waals surface area contributed by atoms with E-state index in [9.17, 15) is 8.42 Å². The largest absolute Gasteiger partial charge is 0.275 e. The van der Waals surface area contributed by atoms with E-state index in [1.807, 2.05) is 12.1 Å². The van der Waals surface area contributed by atoms with Crippen molar-refractivity contribution in [2.24, 2.45) is 7.05 Å². The first kappa shape index (κ1) is 14.7. The first-order valence-electron chi connectivity index (χ1n) is 6.45. The van der Waals surface area contributed by atoms with Gasteiger partial charge in [-0.05, 0) is 23.6 Å². The highest BCUT2D eigenvalue weighted by Gasteiger charge is 2.14. The highest BCUT2D eigenvalue weighted by atomic mass is 32.2. The van der Waals surface area contributed by atoms with Crippen molar-refractivity contribution >= 4 is 10.0 Å². The molecule has 0 radical (unpaired) electrons. The van der Waals surface area contributed by atoms with Gasteiger partial charge in [0.05, 0.1) is 11.1 Å². The normalized spacial score (nSPS) is 12.0. The van der Waals surface area contributed by atoms with E-state index < -0.39 is 10.0 Å². The molecule has 1 N–H and O–H groups in total. The van der Waals surface area contributed by atoms with E-state index in [1.54, 1.807) is 36.3 Å². The molecule has 0 saturated carbocycles. The number of hydrogen-bond acceptors (Lipinski definition) is 3. The Labute approximate surface area is 119 Å². The molecule has 1 aromatic carbocycles. The van der Waals surface area contributed by atoms with Crippen molar-refractivity contribution in [2.75, 3.05) is 0 Å². The molecule has 0 fully saturated rings. The summed E-state index contributed by atoms with van der Waals surface area (Å²) in [6.45, 7) is 4.39. The lowest BCUT2D eigenvalue weighted by molar-refractivity contribution is 0.581. The Kier molecular flexibility index (Phi) is 4.25. The van der Waals surface area contributed by atoms with Gasteiger partial charge in [-0.2, -0.15) is 5.10 Å². The van der Waals surface area contributed by atoms with E-state index in [-0.39, 0.29) is 11.4 Å². The fourth-order valence-electron chi connectivity index (χ4n) is 1.86. The van der Waals surface area contributed by atoms with Crippen LogP contribution in [0, 0.1) is 0 Å². The van der Waals surface area contributed by atoms with Gasteiger partial charge >= 0.3 is 0 Å². The van der Waals surface area contributed by atoms with Crippen molar-refractivity contribution in [3.05, 3.63) is 47.8 Å². The molecule has 0 spiro atoms. The maximum absolute atomic E-state index is 12.2. The number of nitrogens with one attached hydrogen (secondary N) is 1. The molecule has 0 atom stereocenters. The second-order valence-electron chi connectivity index (χ2n) is 5.07. The topological polar surface area (TPSA) is 64.0 Å². The fourth-order valence-corrected chi connectivity index (χ4v) is 2.87. The average molecular weight is 293 g/mol. The van der Waals surface area contributed by atoms with Gasteiger partial charge in [0.25, 0.3) is 0 Å². The van der Waals surface area contributed by atoms with E-state index in [1.165, 1.54) is 0 Å². The zero-order valence-electron chi connectivity index (χ0n) is 11.9. The van der Waals surface area contributed by atoms with E-state index in [2.05, 4.69) is 23.7 Å². The molecule has 0 unspecified atom stereocenters. The van der Waals surface area contributed by atoms with Crippen molar-refractivity contribution in [1.82, 2.24) is 14.5 Å². The minimum atomic E-state index is -3.48. The second-order valence-corrected chi connectivity index (χ2v) is 6.84. The summed E-state index contributed by atoms with van der Waals surface area (Å²) in [4.78, 5) is 0.283. The SMILES string of the molecule is CC(C)c1ccc(S(=O)(=O)NCc2cnn(C)c2)cc1. The van der Waals surface area contributed by atoms with Crippen LogP contribution in [0.4, 0.5) is 0 Å². The zero-order chi connectivity index (χ0) is 14.8. The summed E-state index contributed by atoms with van der Waals surface area (Å²) in [7, 11) is -1.68. The summed E-state index contributed by atoms with van der Waals surface area (Å²) in [5.41, 5.74) is 1.95. The number of aromatic nitrogens is 2. The van der Waals surface area contributed by atoms with Gasteiger partial charge in [0.1, 0.15) is 0 Å². The number of nitrogens with zero attached hydrogens (tertiary/aromatic N) is 2. The molecule has 1 aromatic heterocycles. The monoisotopic (exact) mass is 293 g/mol. The zero-order valence-corrected chi connectivity index (χ0v) is 12.7. The van der Waals surface area contributed by atoms with Crippen molar-refractivity contribution in [3.8, 4) is 0 Å². The van der Waals surface area contributed by atoms with Gasteiger partial charge in [0, 0.05) is 25.4 Å². The quantitative estimate of drug-likeness (QED) is 0.917. The molecule has 0 aliphatic heterocycles. The molecular weight excluding hydrogens is 274 g/mol. The van der Waals surface area contributed by atoms with Crippen molar-refractivity contribution in [3.63, 3.8) is 0 Å². The second kappa shape index (κ2) is 5.76. The Balaban J connectivity index is 2.09. The summed E-state index contributed by atoms with van der Waals surface area (Å²) in [6.07, 6.45) is 3.43. The number of sulfonamides is 1. The van der Waals surface area contributed by atoms with Crippen LogP contribution < -0.4 is 4.72 Å². The highest BCUT2D eigenvalue weighted by molar-refractivity contribution is 7.89. The summed E-state index contributed by atoms with van der Waals surface area (Å²) in [5, 5.41) is 4.00. The first-order chi connectivity index (χ1) is 9.38. The Bertz CT molecular complexity index is 673. The fraction of sp³-hybridized carbons (Fsp3) is 0.357. The number of aryl methyl sites for hydroxylation is 1. The summed E-state index contributed by atoms with van der Waals surface area (Å²) >= 11 is 0. The Morgan fingerprint density at radius 3 is 2.40 bits per heavy atom. The Morgan fingerprint density at radius 1 is 1.25 bits per heavy atom. The van der Waals surface area contributed by atoms with Crippen molar-refractivity contribution in [1.29, 1.82) is 0 Å². The van der Waals surface area contributed by atoms with Crippen molar-refractivity contribution in [2.45, 2.75) is 31.2 Å². The van der Waals surface area contributed by atoms with Crippen LogP contribution >= 0.6 is 0 Å². The minimum absolute atomic E-state index is 0.238. The molecule has 0 aliphatic rings. The summed E-state index contributed by atoms with van der Waals surface area (Å²) in [6, 6.07) is 6.98. The predicted molar refractivity (Wildman–Crippen MR) is 77.8 cm³/mol. The van der Waals surface area contributed by atoms with Gasteiger partial charge in [-0.3, -0.25) is 4.68 Å². The molecule has 1 heterocycles. The Hall–Kier alpha value is -1.66. The van der Waals surface area contributed by atoms with Crippen LogP contribution in [0.15, 0.2) is 41.6 Å². The molecule has 0 bridgehead atoms. The molecule has 20 heavy (non-hydrogen) atoms. The average Bonchev–Trinajstić information content (AvgIpc) is 2.82. The third kappa shape index (κ3) is 3.46. The highest BCUT2D eigenvalue weighted by Crippen LogP contribution is 2.17. The van der Waals surface area contributed by atoms with Crippen LogP contribution in [0.5, 0.6) is 0 Å². The number of benzene rings is 1. The lowest BCUT2D eigenvalue weighted by Crippen LogP contribution is -2.23.